The van der Waals surface area contributed by atoms with E-state index in [1.807, 2.05) is 30.0 Å². The van der Waals surface area contributed by atoms with Crippen molar-refractivity contribution in [3.8, 4) is 0 Å². The summed E-state index contributed by atoms with van der Waals surface area (Å²) in [6.07, 6.45) is 0.918. The minimum absolute atomic E-state index is 0.192. The van der Waals surface area contributed by atoms with Crippen LogP contribution in [0.3, 0.4) is 0 Å². The van der Waals surface area contributed by atoms with Gasteiger partial charge in [0.05, 0.1) is 25.5 Å². The molecule has 144 valence electrons. The molecular weight excluding hydrogens is 349 g/mol. The molecule has 0 amide bonds. The summed E-state index contributed by atoms with van der Waals surface area (Å²) in [6, 6.07) is 13.8. The van der Waals surface area contributed by atoms with Gasteiger partial charge in [-0.3, -0.25) is 4.90 Å². The van der Waals surface area contributed by atoms with Gasteiger partial charge in [-0.25, -0.2) is 4.39 Å². The van der Waals surface area contributed by atoms with Crippen molar-refractivity contribution in [2.75, 3.05) is 13.2 Å². The molecule has 1 unspecified atom stereocenters. The number of halogens is 1. The highest BCUT2D eigenvalue weighted by atomic mass is 19.1. The average molecular weight is 373 g/mol. The van der Waals surface area contributed by atoms with E-state index >= 15 is 0 Å². The monoisotopic (exact) mass is 373 g/mol. The predicted octanol–water partition coefficient (Wildman–Crippen LogP) is 3.90. The standard InChI is InChI=1S/C21H24FNO4/c1-16-4-9-20(27-16)13-23(11-17-5-7-18(22)8-6-17)12-19(24)14-25-15-21-3-2-10-26-21/h2-10,19,24H,11-15H2,1H3. The number of benzene rings is 1. The summed E-state index contributed by atoms with van der Waals surface area (Å²) in [5.74, 6) is 2.11. The summed E-state index contributed by atoms with van der Waals surface area (Å²) >= 11 is 0. The van der Waals surface area contributed by atoms with Crippen LogP contribution in [0.2, 0.25) is 0 Å². The van der Waals surface area contributed by atoms with E-state index in [9.17, 15) is 9.50 Å². The molecule has 1 aromatic carbocycles. The molecule has 3 rings (SSSR count). The van der Waals surface area contributed by atoms with Gasteiger partial charge in [-0.15, -0.1) is 0 Å². The van der Waals surface area contributed by atoms with Crippen LogP contribution in [0.1, 0.15) is 22.8 Å². The highest BCUT2D eigenvalue weighted by Gasteiger charge is 2.15. The number of hydrogen-bond acceptors (Lipinski definition) is 5. The largest absolute Gasteiger partial charge is 0.467 e. The molecule has 2 aromatic heterocycles. The Kier molecular flexibility index (Phi) is 6.81. The maximum absolute atomic E-state index is 13.1. The Labute approximate surface area is 158 Å². The van der Waals surface area contributed by atoms with Gasteiger partial charge in [0, 0.05) is 13.1 Å². The molecule has 0 saturated heterocycles. The quantitative estimate of drug-likeness (QED) is 0.584. The number of hydrogen-bond donors (Lipinski definition) is 1. The SMILES string of the molecule is Cc1ccc(CN(Cc2ccc(F)cc2)CC(O)COCc2ccco2)o1. The minimum atomic E-state index is -0.670. The second-order valence-corrected chi connectivity index (χ2v) is 6.56. The predicted molar refractivity (Wildman–Crippen MR) is 98.3 cm³/mol. The minimum Gasteiger partial charge on any atom is -0.467 e. The molecule has 2 heterocycles. The van der Waals surface area contributed by atoms with E-state index in [1.165, 1.54) is 12.1 Å². The van der Waals surface area contributed by atoms with Gasteiger partial charge >= 0.3 is 0 Å². The van der Waals surface area contributed by atoms with Crippen LogP contribution in [0.4, 0.5) is 4.39 Å². The zero-order valence-corrected chi connectivity index (χ0v) is 15.3. The van der Waals surface area contributed by atoms with Crippen LogP contribution in [0.5, 0.6) is 0 Å². The zero-order valence-electron chi connectivity index (χ0n) is 15.3. The lowest BCUT2D eigenvalue weighted by Gasteiger charge is -2.24. The fraction of sp³-hybridized carbons (Fsp3) is 0.333. The van der Waals surface area contributed by atoms with Crippen LogP contribution in [-0.2, 0) is 24.4 Å². The lowest BCUT2D eigenvalue weighted by Crippen LogP contribution is -2.34. The van der Waals surface area contributed by atoms with Gasteiger partial charge < -0.3 is 18.7 Å². The molecule has 3 aromatic rings. The molecule has 6 heteroatoms. The summed E-state index contributed by atoms with van der Waals surface area (Å²) in [6.45, 7) is 3.91. The number of nitrogens with zero attached hydrogens (tertiary/aromatic N) is 1. The number of aryl methyl sites for hydroxylation is 1. The first-order valence-electron chi connectivity index (χ1n) is 8.89. The molecule has 0 aliphatic carbocycles. The highest BCUT2D eigenvalue weighted by Crippen LogP contribution is 2.14. The number of aliphatic hydroxyl groups excluding tert-OH is 1. The zero-order chi connectivity index (χ0) is 19.1. The molecule has 0 spiro atoms. The van der Waals surface area contributed by atoms with Crippen molar-refractivity contribution < 1.29 is 23.1 Å². The van der Waals surface area contributed by atoms with E-state index < -0.39 is 6.10 Å². The lowest BCUT2D eigenvalue weighted by molar-refractivity contribution is 0.00160. The third-order valence-corrected chi connectivity index (χ3v) is 4.10. The molecule has 0 bridgehead atoms. The van der Waals surface area contributed by atoms with E-state index in [4.69, 9.17) is 13.6 Å². The topological polar surface area (TPSA) is 59.0 Å². The molecule has 27 heavy (non-hydrogen) atoms. The summed E-state index contributed by atoms with van der Waals surface area (Å²) < 4.78 is 29.5. The van der Waals surface area contributed by atoms with E-state index in [2.05, 4.69) is 0 Å². The Hall–Kier alpha value is -2.41. The third kappa shape index (κ3) is 6.36. The van der Waals surface area contributed by atoms with Crippen LogP contribution in [0.25, 0.3) is 0 Å². The summed E-state index contributed by atoms with van der Waals surface area (Å²) in [4.78, 5) is 2.05. The van der Waals surface area contributed by atoms with Gasteiger partial charge in [0.25, 0.3) is 0 Å². The van der Waals surface area contributed by atoms with Crippen molar-refractivity contribution in [3.05, 3.63) is 83.5 Å². The van der Waals surface area contributed by atoms with Crippen LogP contribution >= 0.6 is 0 Å². The second-order valence-electron chi connectivity index (χ2n) is 6.56. The second kappa shape index (κ2) is 9.50. The maximum Gasteiger partial charge on any atom is 0.129 e. The molecular formula is C21H24FNO4. The molecule has 5 nitrogen and oxygen atoms in total. The van der Waals surface area contributed by atoms with Gasteiger partial charge in [0.2, 0.25) is 0 Å². The Balaban J connectivity index is 1.56. The fourth-order valence-electron chi connectivity index (χ4n) is 2.86. The highest BCUT2D eigenvalue weighted by molar-refractivity contribution is 5.16. The van der Waals surface area contributed by atoms with Crippen molar-refractivity contribution in [2.45, 2.75) is 32.7 Å². The van der Waals surface area contributed by atoms with Crippen molar-refractivity contribution in [2.24, 2.45) is 0 Å². The normalized spacial score (nSPS) is 12.6. The number of ether oxygens (including phenoxy) is 1. The molecule has 1 N–H and O–H groups in total. The Bertz CT molecular complexity index is 798. The molecule has 0 aliphatic heterocycles. The summed E-state index contributed by atoms with van der Waals surface area (Å²) in [5.41, 5.74) is 0.961. The fourth-order valence-corrected chi connectivity index (χ4v) is 2.86. The molecule has 0 fully saturated rings. The number of furan rings is 2. The maximum atomic E-state index is 13.1. The van der Waals surface area contributed by atoms with Crippen LogP contribution < -0.4 is 0 Å². The van der Waals surface area contributed by atoms with E-state index in [0.29, 0.717) is 26.2 Å². The summed E-state index contributed by atoms with van der Waals surface area (Å²) in [7, 11) is 0. The first-order chi connectivity index (χ1) is 13.1. The molecule has 1 atom stereocenters. The molecule has 0 saturated carbocycles. The smallest absolute Gasteiger partial charge is 0.129 e. The van der Waals surface area contributed by atoms with E-state index in [-0.39, 0.29) is 12.4 Å². The van der Waals surface area contributed by atoms with Crippen molar-refractivity contribution in [3.63, 3.8) is 0 Å². The van der Waals surface area contributed by atoms with Gasteiger partial charge in [0.1, 0.15) is 29.7 Å². The third-order valence-electron chi connectivity index (χ3n) is 4.10. The Morgan fingerprint density at radius 2 is 1.89 bits per heavy atom. The molecule has 0 aliphatic rings. The first kappa shape index (κ1) is 19.4. The lowest BCUT2D eigenvalue weighted by atomic mass is 10.2. The van der Waals surface area contributed by atoms with Gasteiger partial charge in [0.15, 0.2) is 0 Å². The number of aliphatic hydroxyl groups is 1. The Morgan fingerprint density at radius 1 is 1.07 bits per heavy atom. The van der Waals surface area contributed by atoms with E-state index in [0.717, 1.165) is 22.8 Å². The van der Waals surface area contributed by atoms with Gasteiger partial charge in [-0.1, -0.05) is 12.1 Å². The van der Waals surface area contributed by atoms with Crippen LogP contribution in [0, 0.1) is 12.7 Å². The van der Waals surface area contributed by atoms with Crippen molar-refractivity contribution >= 4 is 0 Å². The summed E-state index contributed by atoms with van der Waals surface area (Å²) in [5, 5.41) is 10.4. The molecule has 0 radical (unpaired) electrons. The van der Waals surface area contributed by atoms with Crippen LogP contribution in [0.15, 0.2) is 63.6 Å². The Morgan fingerprint density at radius 3 is 2.56 bits per heavy atom. The number of rotatable bonds is 10. The first-order valence-corrected chi connectivity index (χ1v) is 8.89. The van der Waals surface area contributed by atoms with Crippen LogP contribution in [-0.4, -0.2) is 29.3 Å². The van der Waals surface area contributed by atoms with Gasteiger partial charge in [-0.05, 0) is 48.9 Å². The van der Waals surface area contributed by atoms with E-state index in [1.54, 1.807) is 24.5 Å². The van der Waals surface area contributed by atoms with Crippen molar-refractivity contribution in [1.82, 2.24) is 4.90 Å². The van der Waals surface area contributed by atoms with Crippen molar-refractivity contribution in [1.29, 1.82) is 0 Å². The van der Waals surface area contributed by atoms with Gasteiger partial charge in [-0.2, -0.15) is 0 Å². The average Bonchev–Trinajstić information content (AvgIpc) is 3.29.